The van der Waals surface area contributed by atoms with Crippen molar-refractivity contribution in [3.8, 4) is 0 Å². The lowest BCUT2D eigenvalue weighted by Crippen LogP contribution is -2.49. The third kappa shape index (κ3) is 3.43. The van der Waals surface area contributed by atoms with Crippen molar-refractivity contribution < 1.29 is 9.59 Å². The van der Waals surface area contributed by atoms with Gasteiger partial charge in [-0.25, -0.2) is 4.98 Å². The second-order valence-electron chi connectivity index (χ2n) is 7.25. The molecule has 8 heteroatoms. The van der Waals surface area contributed by atoms with Gasteiger partial charge in [0.05, 0.1) is 11.1 Å². The predicted octanol–water partition coefficient (Wildman–Crippen LogP) is 0.961. The van der Waals surface area contributed by atoms with Crippen LogP contribution >= 0.6 is 0 Å². The summed E-state index contributed by atoms with van der Waals surface area (Å²) in [6, 6.07) is 8.96. The summed E-state index contributed by atoms with van der Waals surface area (Å²) in [5.41, 5.74) is 1.02. The van der Waals surface area contributed by atoms with Gasteiger partial charge in [-0.05, 0) is 18.2 Å². The zero-order valence-electron chi connectivity index (χ0n) is 16.2. The Kier molecular flexibility index (Phi) is 4.95. The van der Waals surface area contributed by atoms with Crippen LogP contribution in [0.5, 0.6) is 0 Å². The lowest BCUT2D eigenvalue weighted by atomic mass is 10.1. The Morgan fingerprint density at radius 1 is 0.929 bits per heavy atom. The Bertz CT molecular complexity index is 857. The number of amides is 2. The predicted molar refractivity (Wildman–Crippen MR) is 107 cm³/mol. The zero-order valence-corrected chi connectivity index (χ0v) is 16.2. The number of aromatic nitrogens is 2. The highest BCUT2D eigenvalue weighted by Crippen LogP contribution is 2.22. The van der Waals surface area contributed by atoms with Gasteiger partial charge in [-0.15, -0.1) is 0 Å². The summed E-state index contributed by atoms with van der Waals surface area (Å²) in [6.07, 6.45) is 1.78. The van der Waals surface area contributed by atoms with Crippen LogP contribution in [0.3, 0.4) is 0 Å². The smallest absolute Gasteiger partial charge is 0.261 e. The molecule has 0 radical (unpaired) electrons. The van der Waals surface area contributed by atoms with Gasteiger partial charge >= 0.3 is 0 Å². The van der Waals surface area contributed by atoms with E-state index in [1.165, 1.54) is 4.90 Å². The standard InChI is InChI=1S/C20H24N6O2/c1-23(2)20-21-8-7-17(22-20)25-12-9-24(10-13-25)11-14-26-18(27)15-5-3-4-6-16(15)19(26)28/h3-8H,9-14H2,1-2H3. The summed E-state index contributed by atoms with van der Waals surface area (Å²) in [7, 11) is 3.85. The number of carbonyl (C=O) groups is 2. The third-order valence-electron chi connectivity index (χ3n) is 5.24. The molecule has 4 rings (SSSR count). The number of benzene rings is 1. The van der Waals surface area contributed by atoms with E-state index in [0.29, 0.717) is 30.2 Å². The highest BCUT2D eigenvalue weighted by Gasteiger charge is 2.35. The van der Waals surface area contributed by atoms with E-state index < -0.39 is 0 Å². The molecule has 8 nitrogen and oxygen atoms in total. The van der Waals surface area contributed by atoms with E-state index in [-0.39, 0.29) is 11.8 Å². The second kappa shape index (κ2) is 7.55. The quantitative estimate of drug-likeness (QED) is 0.716. The Labute approximate surface area is 164 Å². The second-order valence-corrected chi connectivity index (χ2v) is 7.25. The van der Waals surface area contributed by atoms with E-state index >= 15 is 0 Å². The maximum absolute atomic E-state index is 12.5. The van der Waals surface area contributed by atoms with E-state index in [1.807, 2.05) is 25.1 Å². The Morgan fingerprint density at radius 3 is 2.18 bits per heavy atom. The molecule has 1 fully saturated rings. The molecule has 2 aliphatic rings. The molecule has 0 N–H and O–H groups in total. The van der Waals surface area contributed by atoms with Gasteiger partial charge < -0.3 is 9.80 Å². The Morgan fingerprint density at radius 2 is 1.57 bits per heavy atom. The van der Waals surface area contributed by atoms with Crippen molar-refractivity contribution in [1.29, 1.82) is 0 Å². The molecule has 146 valence electrons. The van der Waals surface area contributed by atoms with Crippen molar-refractivity contribution in [3.05, 3.63) is 47.7 Å². The fourth-order valence-corrected chi connectivity index (χ4v) is 3.62. The van der Waals surface area contributed by atoms with Crippen molar-refractivity contribution in [2.75, 3.05) is 63.2 Å². The number of nitrogens with zero attached hydrogens (tertiary/aromatic N) is 6. The maximum Gasteiger partial charge on any atom is 0.261 e. The van der Waals surface area contributed by atoms with Gasteiger partial charge in [0.1, 0.15) is 5.82 Å². The number of imide groups is 1. The van der Waals surface area contributed by atoms with Crippen LogP contribution in [0.25, 0.3) is 0 Å². The molecular weight excluding hydrogens is 356 g/mol. The van der Waals surface area contributed by atoms with Gasteiger partial charge in [-0.1, -0.05) is 12.1 Å². The van der Waals surface area contributed by atoms with Gasteiger partial charge in [0.15, 0.2) is 0 Å². The van der Waals surface area contributed by atoms with Gasteiger partial charge in [-0.2, -0.15) is 4.98 Å². The number of fused-ring (bicyclic) bond motifs is 1. The topological polar surface area (TPSA) is 72.9 Å². The molecule has 2 aromatic rings. The highest BCUT2D eigenvalue weighted by molar-refractivity contribution is 6.21. The molecule has 2 aliphatic heterocycles. The number of carbonyl (C=O) groups excluding carboxylic acids is 2. The molecular formula is C20H24N6O2. The Hall–Kier alpha value is -3.00. The van der Waals surface area contributed by atoms with Crippen molar-refractivity contribution in [1.82, 2.24) is 19.8 Å². The van der Waals surface area contributed by atoms with Gasteiger partial charge in [0.2, 0.25) is 5.95 Å². The molecule has 1 aromatic heterocycles. The monoisotopic (exact) mass is 380 g/mol. The number of anilines is 2. The zero-order chi connectivity index (χ0) is 19.7. The molecule has 3 heterocycles. The molecule has 2 amide bonds. The third-order valence-corrected chi connectivity index (χ3v) is 5.24. The molecule has 0 atom stereocenters. The van der Waals surface area contributed by atoms with E-state index in [2.05, 4.69) is 19.8 Å². The lowest BCUT2D eigenvalue weighted by Gasteiger charge is -2.36. The van der Waals surface area contributed by atoms with Crippen LogP contribution in [-0.4, -0.2) is 84.9 Å². The van der Waals surface area contributed by atoms with Crippen molar-refractivity contribution in [2.24, 2.45) is 0 Å². The summed E-state index contributed by atoms with van der Waals surface area (Å²) in [5.74, 6) is 1.26. The average molecular weight is 380 g/mol. The molecule has 0 unspecified atom stereocenters. The molecule has 0 spiro atoms. The minimum absolute atomic E-state index is 0.184. The average Bonchev–Trinajstić information content (AvgIpc) is 2.97. The lowest BCUT2D eigenvalue weighted by molar-refractivity contribution is 0.0635. The molecule has 1 saturated heterocycles. The van der Waals surface area contributed by atoms with E-state index in [1.54, 1.807) is 30.5 Å². The highest BCUT2D eigenvalue weighted by atomic mass is 16.2. The molecule has 28 heavy (non-hydrogen) atoms. The molecule has 0 aliphatic carbocycles. The maximum atomic E-state index is 12.5. The number of hydrogen-bond donors (Lipinski definition) is 0. The summed E-state index contributed by atoms with van der Waals surface area (Å²) in [4.78, 5) is 41.6. The van der Waals surface area contributed by atoms with Crippen molar-refractivity contribution in [3.63, 3.8) is 0 Å². The van der Waals surface area contributed by atoms with Crippen LogP contribution in [0, 0.1) is 0 Å². The van der Waals surface area contributed by atoms with Crippen molar-refractivity contribution in [2.45, 2.75) is 0 Å². The summed E-state index contributed by atoms with van der Waals surface area (Å²) >= 11 is 0. The van der Waals surface area contributed by atoms with Crippen LogP contribution in [0.2, 0.25) is 0 Å². The minimum atomic E-state index is -0.184. The van der Waals surface area contributed by atoms with Crippen LogP contribution in [0.15, 0.2) is 36.5 Å². The van der Waals surface area contributed by atoms with E-state index in [0.717, 1.165) is 32.0 Å². The van der Waals surface area contributed by atoms with Crippen LogP contribution in [0.4, 0.5) is 11.8 Å². The normalized spacial score (nSPS) is 17.2. The first kappa shape index (κ1) is 18.4. The van der Waals surface area contributed by atoms with E-state index in [4.69, 9.17) is 0 Å². The number of piperazine rings is 1. The van der Waals surface area contributed by atoms with Crippen LogP contribution in [0.1, 0.15) is 20.7 Å². The first-order valence-corrected chi connectivity index (χ1v) is 9.47. The molecule has 1 aromatic carbocycles. The van der Waals surface area contributed by atoms with Gasteiger partial charge in [-0.3, -0.25) is 19.4 Å². The van der Waals surface area contributed by atoms with Crippen LogP contribution < -0.4 is 9.80 Å². The summed E-state index contributed by atoms with van der Waals surface area (Å²) < 4.78 is 0. The number of rotatable bonds is 5. The first-order valence-electron chi connectivity index (χ1n) is 9.47. The fraction of sp³-hybridized carbons (Fsp3) is 0.400. The molecule has 0 saturated carbocycles. The summed E-state index contributed by atoms with van der Waals surface area (Å²) in [5, 5.41) is 0. The van der Waals surface area contributed by atoms with E-state index in [9.17, 15) is 9.59 Å². The van der Waals surface area contributed by atoms with Crippen molar-refractivity contribution >= 4 is 23.6 Å². The van der Waals surface area contributed by atoms with Crippen LogP contribution in [-0.2, 0) is 0 Å². The van der Waals surface area contributed by atoms with Gasteiger partial charge in [0, 0.05) is 59.6 Å². The summed E-state index contributed by atoms with van der Waals surface area (Å²) in [6.45, 7) is 4.55. The number of hydrogen-bond acceptors (Lipinski definition) is 7. The van der Waals surface area contributed by atoms with Gasteiger partial charge in [0.25, 0.3) is 11.8 Å². The largest absolute Gasteiger partial charge is 0.354 e. The Balaban J connectivity index is 1.32. The SMILES string of the molecule is CN(C)c1nccc(N2CCN(CCN3C(=O)c4ccccc4C3=O)CC2)n1. The molecule has 0 bridgehead atoms. The fourth-order valence-electron chi connectivity index (χ4n) is 3.62. The minimum Gasteiger partial charge on any atom is -0.354 e. The first-order chi connectivity index (χ1) is 13.5.